The Balaban J connectivity index is 2.17. The van der Waals surface area contributed by atoms with Crippen LogP contribution in [0.4, 0.5) is 0 Å². The molecule has 2 aliphatic rings. The van der Waals surface area contributed by atoms with Gasteiger partial charge in [-0.15, -0.1) is 0 Å². The van der Waals surface area contributed by atoms with Crippen LogP contribution in [0.2, 0.25) is 0 Å². The number of phenols is 1. The summed E-state index contributed by atoms with van der Waals surface area (Å²) in [4.78, 5) is 0. The fraction of sp³-hybridized carbons (Fsp3) is 0.700. The molecule has 0 heterocycles. The molecule has 2 atom stereocenters. The molecule has 0 amide bonds. The van der Waals surface area contributed by atoms with Gasteiger partial charge in [0.25, 0.3) is 0 Å². The van der Waals surface area contributed by atoms with Crippen molar-refractivity contribution < 1.29 is 5.11 Å². The predicted octanol–water partition coefficient (Wildman–Crippen LogP) is 5.55. The molecule has 0 bridgehead atoms. The molecule has 1 saturated carbocycles. The third-order valence-corrected chi connectivity index (χ3v) is 6.44. The number of hydrogen-bond acceptors (Lipinski definition) is 1. The van der Waals surface area contributed by atoms with Gasteiger partial charge in [-0.1, -0.05) is 47.1 Å². The van der Waals surface area contributed by atoms with Gasteiger partial charge in [-0.2, -0.15) is 0 Å². The number of hydrogen-bond donors (Lipinski definition) is 1. The first-order valence-corrected chi connectivity index (χ1v) is 8.62. The van der Waals surface area contributed by atoms with Gasteiger partial charge in [0, 0.05) is 0 Å². The summed E-state index contributed by atoms with van der Waals surface area (Å²) in [5.41, 5.74) is 4.94. The Morgan fingerprint density at radius 3 is 2.52 bits per heavy atom. The molecular formula is C20H30O. The van der Waals surface area contributed by atoms with E-state index in [1.54, 1.807) is 0 Å². The van der Waals surface area contributed by atoms with E-state index in [4.69, 9.17) is 0 Å². The molecule has 1 N–H and O–H groups in total. The van der Waals surface area contributed by atoms with Crippen LogP contribution in [0.15, 0.2) is 12.1 Å². The van der Waals surface area contributed by atoms with Crippen LogP contribution in [-0.4, -0.2) is 5.11 Å². The number of benzene rings is 1. The largest absolute Gasteiger partial charge is 0.508 e. The Morgan fingerprint density at radius 2 is 1.86 bits per heavy atom. The molecule has 0 spiro atoms. The van der Waals surface area contributed by atoms with E-state index < -0.39 is 0 Å². The van der Waals surface area contributed by atoms with Crippen LogP contribution >= 0.6 is 0 Å². The molecule has 0 radical (unpaired) electrons. The third-order valence-electron chi connectivity index (χ3n) is 6.44. The van der Waals surface area contributed by atoms with Gasteiger partial charge >= 0.3 is 0 Å². The monoisotopic (exact) mass is 286 g/mol. The first-order chi connectivity index (χ1) is 9.77. The van der Waals surface area contributed by atoms with Gasteiger partial charge in [0.1, 0.15) is 5.75 Å². The molecule has 116 valence electrons. The molecule has 0 aliphatic heterocycles. The molecule has 1 heteroatoms. The Morgan fingerprint density at radius 1 is 1.14 bits per heavy atom. The van der Waals surface area contributed by atoms with Crippen molar-refractivity contribution in [3.63, 3.8) is 0 Å². The van der Waals surface area contributed by atoms with Crippen molar-refractivity contribution in [2.24, 2.45) is 11.3 Å². The van der Waals surface area contributed by atoms with Crippen LogP contribution < -0.4 is 0 Å². The summed E-state index contributed by atoms with van der Waals surface area (Å²) in [7, 11) is 0. The van der Waals surface area contributed by atoms with E-state index in [9.17, 15) is 5.11 Å². The van der Waals surface area contributed by atoms with E-state index in [2.05, 4.69) is 40.7 Å². The minimum absolute atomic E-state index is 0.298. The summed E-state index contributed by atoms with van der Waals surface area (Å²) in [6.45, 7) is 11.8. The average Bonchev–Trinajstić information content (AvgIpc) is 2.36. The van der Waals surface area contributed by atoms with Crippen LogP contribution in [0.25, 0.3) is 0 Å². The van der Waals surface area contributed by atoms with Crippen LogP contribution in [0, 0.1) is 11.3 Å². The zero-order valence-electron chi connectivity index (χ0n) is 14.3. The maximum atomic E-state index is 10.3. The molecular weight excluding hydrogens is 256 g/mol. The molecule has 1 aromatic carbocycles. The van der Waals surface area contributed by atoms with Gasteiger partial charge in [-0.25, -0.2) is 0 Å². The minimum atomic E-state index is 0.298. The highest BCUT2D eigenvalue weighted by molar-refractivity contribution is 5.51. The lowest BCUT2D eigenvalue weighted by molar-refractivity contribution is 0.0404. The molecule has 1 nitrogen and oxygen atoms in total. The summed E-state index contributed by atoms with van der Waals surface area (Å²) < 4.78 is 0. The lowest BCUT2D eigenvalue weighted by Crippen LogP contribution is -2.48. The van der Waals surface area contributed by atoms with Crippen molar-refractivity contribution in [2.75, 3.05) is 0 Å². The second-order valence-electron chi connectivity index (χ2n) is 8.53. The van der Waals surface area contributed by atoms with Crippen molar-refractivity contribution in [2.45, 2.75) is 78.1 Å². The molecule has 1 unspecified atom stereocenters. The molecule has 3 rings (SSSR count). The highest BCUT2D eigenvalue weighted by atomic mass is 16.3. The molecule has 21 heavy (non-hydrogen) atoms. The van der Waals surface area contributed by atoms with Crippen LogP contribution in [-0.2, 0) is 11.8 Å². The number of fused-ring (bicyclic) bond motifs is 3. The summed E-state index contributed by atoms with van der Waals surface area (Å²) in [5, 5.41) is 10.3. The van der Waals surface area contributed by atoms with E-state index >= 15 is 0 Å². The third kappa shape index (κ3) is 2.12. The lowest BCUT2D eigenvalue weighted by Gasteiger charge is -2.54. The van der Waals surface area contributed by atoms with Crippen molar-refractivity contribution in [1.29, 1.82) is 0 Å². The Bertz CT molecular complexity index is 555. The molecule has 1 aromatic rings. The molecule has 2 aliphatic carbocycles. The summed E-state index contributed by atoms with van der Waals surface area (Å²) in [6.07, 6.45) is 6.41. The lowest BCUT2D eigenvalue weighted by atomic mass is 9.50. The van der Waals surface area contributed by atoms with Crippen molar-refractivity contribution in [1.82, 2.24) is 0 Å². The van der Waals surface area contributed by atoms with Gasteiger partial charge in [0.15, 0.2) is 0 Å². The van der Waals surface area contributed by atoms with Crippen LogP contribution in [0.1, 0.15) is 82.9 Å². The minimum Gasteiger partial charge on any atom is -0.508 e. The smallest absolute Gasteiger partial charge is 0.119 e. The van der Waals surface area contributed by atoms with Crippen LogP contribution in [0.3, 0.4) is 0 Å². The van der Waals surface area contributed by atoms with Gasteiger partial charge < -0.3 is 5.11 Å². The zero-order valence-corrected chi connectivity index (χ0v) is 14.3. The van der Waals surface area contributed by atoms with E-state index in [1.807, 2.05) is 6.07 Å². The normalized spacial score (nSPS) is 30.9. The molecule has 0 aromatic heterocycles. The van der Waals surface area contributed by atoms with Gasteiger partial charge in [-0.3, -0.25) is 0 Å². The predicted molar refractivity (Wildman–Crippen MR) is 89.0 cm³/mol. The second kappa shape index (κ2) is 4.76. The van der Waals surface area contributed by atoms with Crippen molar-refractivity contribution in [3.05, 3.63) is 28.8 Å². The Labute approximate surface area is 129 Å². The Kier molecular flexibility index (Phi) is 3.39. The quantitative estimate of drug-likeness (QED) is 0.718. The number of aromatic hydroxyl groups is 1. The first kappa shape index (κ1) is 14.9. The average molecular weight is 286 g/mol. The first-order valence-electron chi connectivity index (χ1n) is 8.62. The molecule has 1 fully saturated rings. The zero-order chi connectivity index (χ0) is 15.4. The van der Waals surface area contributed by atoms with Crippen molar-refractivity contribution in [3.8, 4) is 5.75 Å². The second-order valence-corrected chi connectivity index (χ2v) is 8.53. The highest BCUT2D eigenvalue weighted by Gasteiger charge is 2.50. The van der Waals surface area contributed by atoms with Gasteiger partial charge in [-0.05, 0) is 71.1 Å². The van der Waals surface area contributed by atoms with Crippen LogP contribution in [0.5, 0.6) is 5.75 Å². The summed E-state index contributed by atoms with van der Waals surface area (Å²) in [5.74, 6) is 1.67. The maximum Gasteiger partial charge on any atom is 0.119 e. The van der Waals surface area contributed by atoms with E-state index in [-0.39, 0.29) is 0 Å². The van der Waals surface area contributed by atoms with E-state index in [0.29, 0.717) is 22.5 Å². The van der Waals surface area contributed by atoms with Crippen molar-refractivity contribution >= 4 is 0 Å². The van der Waals surface area contributed by atoms with E-state index in [0.717, 1.165) is 12.3 Å². The number of phenolic OH excluding ortho intramolecular Hbond substituents is 1. The fourth-order valence-corrected chi connectivity index (χ4v) is 5.54. The van der Waals surface area contributed by atoms with E-state index in [1.165, 1.54) is 42.4 Å². The Hall–Kier alpha value is -0.980. The van der Waals surface area contributed by atoms with Gasteiger partial charge in [0.05, 0.1) is 0 Å². The topological polar surface area (TPSA) is 20.2 Å². The fourth-order valence-electron chi connectivity index (χ4n) is 5.54. The maximum absolute atomic E-state index is 10.3. The molecule has 0 saturated heterocycles. The summed E-state index contributed by atoms with van der Waals surface area (Å²) >= 11 is 0. The van der Waals surface area contributed by atoms with Gasteiger partial charge in [0.2, 0.25) is 0 Å². The highest BCUT2D eigenvalue weighted by Crippen LogP contribution is 2.58. The SMILES string of the molecule is CC(C)c1c(O)ccc2c1CCC1C(C)(C)CCC[C@@]21C. The standard InChI is InChI=1S/C20H30O/c1-13(2)18-14-7-10-17-19(3,4)11-6-12-20(17,5)15(14)8-9-16(18)21/h8-9,13,17,21H,6-7,10-12H2,1-5H3/t17?,20-/m0/s1. The number of rotatable bonds is 1. The summed E-state index contributed by atoms with van der Waals surface area (Å²) in [6, 6.07) is 4.17.